The summed E-state index contributed by atoms with van der Waals surface area (Å²) in [5.41, 5.74) is 6.05. The number of hydrogen-bond acceptors (Lipinski definition) is 4. The first-order valence-corrected chi connectivity index (χ1v) is 8.55. The highest BCUT2D eigenvalue weighted by atomic mass is 35.5. The van der Waals surface area contributed by atoms with Crippen molar-refractivity contribution in [1.82, 2.24) is 10.3 Å². The Morgan fingerprint density at radius 3 is 2.88 bits per heavy atom. The molecule has 1 aliphatic rings. The number of aryl methyl sites for hydroxylation is 1. The molecule has 1 unspecified atom stereocenters. The van der Waals surface area contributed by atoms with Gasteiger partial charge in [-0.2, -0.15) is 0 Å². The SMILES string of the molecule is NC(=O)c1cc2c([nH]c1=O)CCCC2NC(=O)COc1cccc(Cl)c1. The van der Waals surface area contributed by atoms with E-state index in [0.29, 0.717) is 34.9 Å². The van der Waals surface area contributed by atoms with Crippen molar-refractivity contribution < 1.29 is 14.3 Å². The molecule has 7 nitrogen and oxygen atoms in total. The average Bonchev–Trinajstić information content (AvgIpc) is 2.59. The number of rotatable bonds is 5. The fourth-order valence-electron chi connectivity index (χ4n) is 3.02. The van der Waals surface area contributed by atoms with Crippen LogP contribution in [-0.4, -0.2) is 23.4 Å². The number of primary amides is 1. The molecule has 2 aromatic rings. The maximum Gasteiger partial charge on any atom is 0.261 e. The van der Waals surface area contributed by atoms with E-state index in [9.17, 15) is 14.4 Å². The molecule has 0 radical (unpaired) electrons. The monoisotopic (exact) mass is 375 g/mol. The van der Waals surface area contributed by atoms with Gasteiger partial charge in [-0.05, 0) is 49.1 Å². The van der Waals surface area contributed by atoms with Crippen molar-refractivity contribution in [3.8, 4) is 5.75 Å². The number of fused-ring (bicyclic) bond motifs is 1. The van der Waals surface area contributed by atoms with Gasteiger partial charge in [0.15, 0.2) is 6.61 Å². The van der Waals surface area contributed by atoms with Crippen LogP contribution in [-0.2, 0) is 11.2 Å². The van der Waals surface area contributed by atoms with Gasteiger partial charge in [0.2, 0.25) is 0 Å². The minimum absolute atomic E-state index is 0.111. The second-order valence-corrected chi connectivity index (χ2v) is 6.51. The quantitative estimate of drug-likeness (QED) is 0.737. The topological polar surface area (TPSA) is 114 Å². The number of ether oxygens (including phenoxy) is 1. The number of pyridine rings is 1. The molecule has 0 bridgehead atoms. The third-order valence-electron chi connectivity index (χ3n) is 4.22. The molecule has 0 saturated carbocycles. The highest BCUT2D eigenvalue weighted by molar-refractivity contribution is 6.30. The van der Waals surface area contributed by atoms with Gasteiger partial charge in [0.1, 0.15) is 11.3 Å². The lowest BCUT2D eigenvalue weighted by molar-refractivity contribution is -0.124. The Morgan fingerprint density at radius 2 is 2.15 bits per heavy atom. The Kier molecular flexibility index (Phi) is 5.27. The molecule has 3 rings (SSSR count). The van der Waals surface area contributed by atoms with Crippen LogP contribution in [0.4, 0.5) is 0 Å². The summed E-state index contributed by atoms with van der Waals surface area (Å²) in [6, 6.07) is 7.93. The molecular weight excluding hydrogens is 358 g/mol. The molecule has 8 heteroatoms. The number of carbonyl (C=O) groups excluding carboxylic acids is 2. The zero-order chi connectivity index (χ0) is 18.7. The largest absolute Gasteiger partial charge is 0.484 e. The molecule has 4 N–H and O–H groups in total. The Morgan fingerprint density at radius 1 is 1.35 bits per heavy atom. The van der Waals surface area contributed by atoms with E-state index in [1.807, 2.05) is 0 Å². The average molecular weight is 376 g/mol. The zero-order valence-electron chi connectivity index (χ0n) is 13.9. The maximum atomic E-state index is 12.2. The van der Waals surface area contributed by atoms with Crippen LogP contribution in [0.2, 0.25) is 5.02 Å². The van der Waals surface area contributed by atoms with Crippen LogP contribution < -0.4 is 21.3 Å². The smallest absolute Gasteiger partial charge is 0.261 e. The predicted molar refractivity (Wildman–Crippen MR) is 96.3 cm³/mol. The van der Waals surface area contributed by atoms with Crippen molar-refractivity contribution in [3.63, 3.8) is 0 Å². The van der Waals surface area contributed by atoms with Gasteiger partial charge >= 0.3 is 0 Å². The van der Waals surface area contributed by atoms with Gasteiger partial charge in [-0.3, -0.25) is 14.4 Å². The van der Waals surface area contributed by atoms with Crippen LogP contribution in [0.3, 0.4) is 0 Å². The minimum Gasteiger partial charge on any atom is -0.484 e. The molecule has 1 atom stereocenters. The summed E-state index contributed by atoms with van der Waals surface area (Å²) in [5, 5.41) is 3.39. The number of halogens is 1. The second kappa shape index (κ2) is 7.61. The summed E-state index contributed by atoms with van der Waals surface area (Å²) < 4.78 is 5.43. The third-order valence-corrected chi connectivity index (χ3v) is 4.45. The first kappa shape index (κ1) is 18.0. The zero-order valence-corrected chi connectivity index (χ0v) is 14.6. The van der Waals surface area contributed by atoms with Crippen LogP contribution >= 0.6 is 11.6 Å². The van der Waals surface area contributed by atoms with Gasteiger partial charge in [0, 0.05) is 10.7 Å². The fourth-order valence-corrected chi connectivity index (χ4v) is 3.20. The molecule has 26 heavy (non-hydrogen) atoms. The highest BCUT2D eigenvalue weighted by Crippen LogP contribution is 2.28. The lowest BCUT2D eigenvalue weighted by Gasteiger charge is -2.26. The molecule has 1 aromatic heterocycles. The van der Waals surface area contributed by atoms with Crippen LogP contribution in [0.5, 0.6) is 5.75 Å². The molecule has 0 spiro atoms. The molecule has 1 aliphatic carbocycles. The van der Waals surface area contributed by atoms with E-state index in [0.717, 1.165) is 6.42 Å². The van der Waals surface area contributed by atoms with Crippen molar-refractivity contribution in [2.75, 3.05) is 6.61 Å². The summed E-state index contributed by atoms with van der Waals surface area (Å²) >= 11 is 5.88. The number of benzene rings is 1. The van der Waals surface area contributed by atoms with Crippen molar-refractivity contribution >= 4 is 23.4 Å². The molecule has 0 aliphatic heterocycles. The molecule has 1 aromatic carbocycles. The van der Waals surface area contributed by atoms with Crippen molar-refractivity contribution in [1.29, 1.82) is 0 Å². The van der Waals surface area contributed by atoms with E-state index >= 15 is 0 Å². The number of aromatic amines is 1. The van der Waals surface area contributed by atoms with E-state index in [1.54, 1.807) is 24.3 Å². The van der Waals surface area contributed by atoms with E-state index in [2.05, 4.69) is 10.3 Å². The predicted octanol–water partition coefficient (Wildman–Crippen LogP) is 1.70. The number of nitrogens with two attached hydrogens (primary N) is 1. The molecule has 2 amide bonds. The molecule has 1 heterocycles. The lowest BCUT2D eigenvalue weighted by Crippen LogP contribution is -2.36. The number of aromatic nitrogens is 1. The first-order valence-electron chi connectivity index (χ1n) is 8.17. The van der Waals surface area contributed by atoms with Crippen LogP contribution in [0.15, 0.2) is 35.1 Å². The summed E-state index contributed by atoms with van der Waals surface area (Å²) in [6.07, 6.45) is 2.17. The lowest BCUT2D eigenvalue weighted by atomic mass is 9.90. The summed E-state index contributed by atoms with van der Waals surface area (Å²) in [5.74, 6) is -0.610. The van der Waals surface area contributed by atoms with E-state index in [1.165, 1.54) is 6.07 Å². The third kappa shape index (κ3) is 4.05. The van der Waals surface area contributed by atoms with Gasteiger partial charge in [-0.25, -0.2) is 0 Å². The Hall–Kier alpha value is -2.80. The Labute approximate surface area is 154 Å². The van der Waals surface area contributed by atoms with Crippen LogP contribution in [0.25, 0.3) is 0 Å². The van der Waals surface area contributed by atoms with Gasteiger partial charge < -0.3 is 20.8 Å². The van der Waals surface area contributed by atoms with E-state index in [4.69, 9.17) is 22.1 Å². The molecular formula is C18H18ClN3O4. The number of amides is 2. The van der Waals surface area contributed by atoms with Gasteiger partial charge in [0.25, 0.3) is 17.4 Å². The maximum absolute atomic E-state index is 12.2. The van der Waals surface area contributed by atoms with Gasteiger partial charge in [0.05, 0.1) is 6.04 Å². The number of H-pyrrole nitrogens is 1. The summed E-state index contributed by atoms with van der Waals surface area (Å²) in [7, 11) is 0. The van der Waals surface area contributed by atoms with Gasteiger partial charge in [-0.1, -0.05) is 17.7 Å². The van der Waals surface area contributed by atoms with Crippen LogP contribution in [0.1, 0.15) is 40.5 Å². The Balaban J connectivity index is 1.71. The first-order chi connectivity index (χ1) is 12.4. The van der Waals surface area contributed by atoms with E-state index in [-0.39, 0.29) is 24.1 Å². The summed E-state index contributed by atoms with van der Waals surface area (Å²) in [4.78, 5) is 38.2. The highest BCUT2D eigenvalue weighted by Gasteiger charge is 2.25. The number of hydrogen-bond donors (Lipinski definition) is 3. The Bertz CT molecular complexity index is 910. The second-order valence-electron chi connectivity index (χ2n) is 6.07. The van der Waals surface area contributed by atoms with Crippen molar-refractivity contribution in [2.24, 2.45) is 5.73 Å². The van der Waals surface area contributed by atoms with Crippen molar-refractivity contribution in [3.05, 3.63) is 62.5 Å². The standard InChI is InChI=1S/C18H18ClN3O4/c19-10-3-1-4-11(7-10)26-9-16(23)21-14-5-2-6-15-12(14)8-13(17(20)24)18(25)22-15/h1,3-4,7-8,14H,2,5-6,9H2,(H2,20,24)(H,21,23)(H,22,25). The normalized spacial score (nSPS) is 15.8. The number of nitrogens with one attached hydrogen (secondary N) is 2. The van der Waals surface area contributed by atoms with E-state index < -0.39 is 11.5 Å². The minimum atomic E-state index is -0.797. The summed E-state index contributed by atoms with van der Waals surface area (Å²) in [6.45, 7) is -0.168. The van der Waals surface area contributed by atoms with Gasteiger partial charge in [-0.15, -0.1) is 0 Å². The molecule has 0 saturated heterocycles. The molecule has 0 fully saturated rings. The van der Waals surface area contributed by atoms with Crippen LogP contribution in [0, 0.1) is 0 Å². The molecule has 136 valence electrons. The fraction of sp³-hybridized carbons (Fsp3) is 0.278. The van der Waals surface area contributed by atoms with Crippen molar-refractivity contribution in [2.45, 2.75) is 25.3 Å². The number of carbonyl (C=O) groups is 2.